The monoisotopic (exact) mass is 274 g/mol. The molecule has 0 heterocycles. The molecular weight excluding hydrogens is 255 g/mol. The van der Waals surface area contributed by atoms with Gasteiger partial charge in [-0.1, -0.05) is 18.2 Å². The molecule has 106 valence electrons. The van der Waals surface area contributed by atoms with Crippen LogP contribution >= 0.6 is 0 Å². The minimum Gasteiger partial charge on any atom is -0.496 e. The molecule has 0 aliphatic carbocycles. The number of nitrogens with two attached hydrogens (primary N) is 1. The summed E-state index contributed by atoms with van der Waals surface area (Å²) >= 11 is 0. The number of methoxy groups -OCH3 is 1. The van der Waals surface area contributed by atoms with Crippen LogP contribution in [0.15, 0.2) is 42.5 Å². The van der Waals surface area contributed by atoms with Crippen LogP contribution in [0.4, 0.5) is 10.1 Å². The molecule has 0 radical (unpaired) electrons. The van der Waals surface area contributed by atoms with Crippen LogP contribution in [0, 0.1) is 5.82 Å². The summed E-state index contributed by atoms with van der Waals surface area (Å²) in [5, 5.41) is 0. The van der Waals surface area contributed by atoms with Gasteiger partial charge in [0, 0.05) is 31.4 Å². The average molecular weight is 274 g/mol. The summed E-state index contributed by atoms with van der Waals surface area (Å²) in [6.45, 7) is 1.12. The van der Waals surface area contributed by atoms with E-state index in [-0.39, 0.29) is 5.82 Å². The Bertz CT molecular complexity index is 586. The summed E-state index contributed by atoms with van der Waals surface area (Å²) in [6.07, 6.45) is 0. The second kappa shape index (κ2) is 6.39. The summed E-state index contributed by atoms with van der Waals surface area (Å²) in [5.74, 6) is 0.558. The Hall–Kier alpha value is -2.07. The Balaban J connectivity index is 2.17. The molecular formula is C16H19FN2O. The van der Waals surface area contributed by atoms with Crippen molar-refractivity contribution in [1.82, 2.24) is 0 Å². The van der Waals surface area contributed by atoms with Crippen molar-refractivity contribution in [2.75, 3.05) is 19.1 Å². The quantitative estimate of drug-likeness (QED) is 0.911. The Morgan fingerprint density at radius 2 is 2.00 bits per heavy atom. The summed E-state index contributed by atoms with van der Waals surface area (Å²) in [5.41, 5.74) is 8.56. The Labute approximate surface area is 118 Å². The molecule has 2 rings (SSSR count). The van der Waals surface area contributed by atoms with E-state index in [2.05, 4.69) is 0 Å². The fourth-order valence-electron chi connectivity index (χ4n) is 2.13. The molecule has 0 bridgehead atoms. The molecule has 3 nitrogen and oxygen atoms in total. The first-order chi connectivity index (χ1) is 9.63. The SMILES string of the molecule is COc1cc(CN(C)c2cccc(F)c2)ccc1CN. The fourth-order valence-corrected chi connectivity index (χ4v) is 2.13. The van der Waals surface area contributed by atoms with Crippen LogP contribution < -0.4 is 15.4 Å². The zero-order valence-electron chi connectivity index (χ0n) is 11.8. The molecule has 2 aromatic carbocycles. The molecule has 0 aliphatic rings. The van der Waals surface area contributed by atoms with E-state index in [0.717, 1.165) is 22.6 Å². The molecule has 0 unspecified atom stereocenters. The Kier molecular flexibility index (Phi) is 4.58. The molecule has 0 saturated heterocycles. The molecule has 4 heteroatoms. The van der Waals surface area contributed by atoms with Crippen molar-refractivity contribution < 1.29 is 9.13 Å². The lowest BCUT2D eigenvalue weighted by atomic mass is 10.1. The molecule has 0 saturated carbocycles. The van der Waals surface area contributed by atoms with E-state index in [4.69, 9.17) is 10.5 Å². The van der Waals surface area contributed by atoms with Crippen molar-refractivity contribution in [3.8, 4) is 5.75 Å². The zero-order chi connectivity index (χ0) is 14.5. The lowest BCUT2D eigenvalue weighted by Gasteiger charge is -2.20. The minimum absolute atomic E-state index is 0.231. The molecule has 0 aliphatic heterocycles. The molecule has 0 spiro atoms. The van der Waals surface area contributed by atoms with Gasteiger partial charge >= 0.3 is 0 Å². The van der Waals surface area contributed by atoms with E-state index in [1.807, 2.05) is 36.2 Å². The topological polar surface area (TPSA) is 38.5 Å². The van der Waals surface area contributed by atoms with E-state index < -0.39 is 0 Å². The van der Waals surface area contributed by atoms with E-state index in [9.17, 15) is 4.39 Å². The van der Waals surface area contributed by atoms with Crippen LogP contribution in [-0.2, 0) is 13.1 Å². The Morgan fingerprint density at radius 1 is 1.20 bits per heavy atom. The summed E-state index contributed by atoms with van der Waals surface area (Å²) in [7, 11) is 3.56. The van der Waals surface area contributed by atoms with Crippen LogP contribution in [0.1, 0.15) is 11.1 Å². The highest BCUT2D eigenvalue weighted by Gasteiger charge is 2.07. The van der Waals surface area contributed by atoms with Gasteiger partial charge in [-0.15, -0.1) is 0 Å². The van der Waals surface area contributed by atoms with Gasteiger partial charge in [0.2, 0.25) is 0 Å². The highest BCUT2D eigenvalue weighted by atomic mass is 19.1. The van der Waals surface area contributed by atoms with E-state index in [1.165, 1.54) is 12.1 Å². The van der Waals surface area contributed by atoms with E-state index in [0.29, 0.717) is 13.1 Å². The van der Waals surface area contributed by atoms with Crippen LogP contribution in [0.25, 0.3) is 0 Å². The summed E-state index contributed by atoms with van der Waals surface area (Å²) < 4.78 is 18.5. The van der Waals surface area contributed by atoms with Crippen molar-refractivity contribution in [3.05, 3.63) is 59.4 Å². The third-order valence-corrected chi connectivity index (χ3v) is 3.24. The third kappa shape index (κ3) is 3.27. The first kappa shape index (κ1) is 14.3. The van der Waals surface area contributed by atoms with Gasteiger partial charge in [0.05, 0.1) is 7.11 Å². The van der Waals surface area contributed by atoms with Crippen molar-refractivity contribution in [2.24, 2.45) is 5.73 Å². The Morgan fingerprint density at radius 3 is 2.65 bits per heavy atom. The van der Waals surface area contributed by atoms with Crippen LogP contribution in [-0.4, -0.2) is 14.2 Å². The number of anilines is 1. The van der Waals surface area contributed by atoms with Gasteiger partial charge in [-0.2, -0.15) is 0 Å². The molecule has 0 amide bonds. The second-order valence-electron chi connectivity index (χ2n) is 4.69. The average Bonchev–Trinajstić information content (AvgIpc) is 2.47. The van der Waals surface area contributed by atoms with Crippen molar-refractivity contribution in [2.45, 2.75) is 13.1 Å². The maximum Gasteiger partial charge on any atom is 0.125 e. The molecule has 2 aromatic rings. The van der Waals surface area contributed by atoms with Crippen LogP contribution in [0.3, 0.4) is 0 Å². The second-order valence-corrected chi connectivity index (χ2v) is 4.69. The van der Waals surface area contributed by atoms with Gasteiger partial charge in [0.25, 0.3) is 0 Å². The zero-order valence-corrected chi connectivity index (χ0v) is 11.8. The number of rotatable bonds is 5. The van der Waals surface area contributed by atoms with Crippen molar-refractivity contribution >= 4 is 5.69 Å². The normalized spacial score (nSPS) is 10.4. The van der Waals surface area contributed by atoms with Gasteiger partial charge in [-0.05, 0) is 29.8 Å². The van der Waals surface area contributed by atoms with Crippen LogP contribution in [0.2, 0.25) is 0 Å². The number of hydrogen-bond donors (Lipinski definition) is 1. The maximum atomic E-state index is 13.2. The third-order valence-electron chi connectivity index (χ3n) is 3.24. The van der Waals surface area contributed by atoms with Gasteiger partial charge in [-0.25, -0.2) is 4.39 Å². The molecule has 2 N–H and O–H groups in total. The minimum atomic E-state index is -0.231. The number of halogens is 1. The van der Waals surface area contributed by atoms with Gasteiger partial charge < -0.3 is 15.4 Å². The highest BCUT2D eigenvalue weighted by molar-refractivity contribution is 5.47. The van der Waals surface area contributed by atoms with Gasteiger partial charge in [0.15, 0.2) is 0 Å². The number of nitrogens with zero attached hydrogens (tertiary/aromatic N) is 1. The molecule has 0 aromatic heterocycles. The number of ether oxygens (including phenoxy) is 1. The van der Waals surface area contributed by atoms with Crippen molar-refractivity contribution in [3.63, 3.8) is 0 Å². The number of benzene rings is 2. The summed E-state index contributed by atoms with van der Waals surface area (Å²) in [4.78, 5) is 1.99. The lowest BCUT2D eigenvalue weighted by Crippen LogP contribution is -2.16. The molecule has 20 heavy (non-hydrogen) atoms. The van der Waals surface area contributed by atoms with Gasteiger partial charge in [-0.3, -0.25) is 0 Å². The largest absolute Gasteiger partial charge is 0.496 e. The predicted octanol–water partition coefficient (Wildman–Crippen LogP) is 2.93. The molecule has 0 fully saturated rings. The standard InChI is InChI=1S/C16H19FN2O/c1-19(15-5-3-4-14(17)9-15)11-12-6-7-13(10-18)16(8-12)20-2/h3-9H,10-11,18H2,1-2H3. The fraction of sp³-hybridized carbons (Fsp3) is 0.250. The lowest BCUT2D eigenvalue weighted by molar-refractivity contribution is 0.409. The first-order valence-electron chi connectivity index (χ1n) is 6.46. The highest BCUT2D eigenvalue weighted by Crippen LogP contribution is 2.22. The van der Waals surface area contributed by atoms with Crippen molar-refractivity contribution in [1.29, 1.82) is 0 Å². The summed E-state index contributed by atoms with van der Waals surface area (Å²) in [6, 6.07) is 12.5. The van der Waals surface area contributed by atoms with E-state index >= 15 is 0 Å². The van der Waals surface area contributed by atoms with Gasteiger partial charge in [0.1, 0.15) is 11.6 Å². The maximum absolute atomic E-state index is 13.2. The smallest absolute Gasteiger partial charge is 0.125 e. The number of hydrogen-bond acceptors (Lipinski definition) is 3. The predicted molar refractivity (Wildman–Crippen MR) is 79.4 cm³/mol. The first-order valence-corrected chi connectivity index (χ1v) is 6.46. The van der Waals surface area contributed by atoms with E-state index in [1.54, 1.807) is 13.2 Å². The molecule has 0 atom stereocenters. The van der Waals surface area contributed by atoms with Crippen LogP contribution in [0.5, 0.6) is 5.75 Å².